The highest BCUT2D eigenvalue weighted by Crippen LogP contribution is 2.38. The third-order valence-corrected chi connectivity index (χ3v) is 8.24. The number of carbonyl (C=O) groups is 4. The molecule has 3 aliphatic rings. The Morgan fingerprint density at radius 2 is 1.41 bits per heavy atom. The van der Waals surface area contributed by atoms with E-state index in [2.05, 4.69) is 16.0 Å². The zero-order chi connectivity index (χ0) is 37.0. The molecule has 0 aromatic rings. The number of ether oxygens (including phenoxy) is 5. The fourth-order valence-electron chi connectivity index (χ4n) is 5.83. The topological polar surface area (TPSA) is 353 Å². The number of aliphatic hydroxyl groups is 9. The minimum atomic E-state index is -3.05. The van der Waals surface area contributed by atoms with Crippen LogP contribution in [0.2, 0.25) is 0 Å². The Kier molecular flexibility index (Phi) is 14.2. The van der Waals surface area contributed by atoms with Crippen LogP contribution in [0.4, 0.5) is 0 Å². The maximum Gasteiger partial charge on any atom is 0.364 e. The second-order valence-corrected chi connectivity index (χ2v) is 12.0. The fourth-order valence-corrected chi connectivity index (χ4v) is 5.83. The summed E-state index contributed by atoms with van der Waals surface area (Å²) in [6, 6.07) is -3.07. The number of hydrogen-bond donors (Lipinski definition) is 13. The second-order valence-electron chi connectivity index (χ2n) is 12.0. The normalized spacial score (nSPS) is 40.9. The van der Waals surface area contributed by atoms with Gasteiger partial charge in [0.2, 0.25) is 17.7 Å². The first-order valence-corrected chi connectivity index (χ1v) is 15.2. The van der Waals surface area contributed by atoms with Crippen molar-refractivity contribution in [3.63, 3.8) is 0 Å². The number of carboxylic acid groups (broad SMARTS) is 1. The summed E-state index contributed by atoms with van der Waals surface area (Å²) >= 11 is 0. The Bertz CT molecular complexity index is 1170. The molecule has 3 amide bonds. The lowest BCUT2D eigenvalue weighted by atomic mass is 9.88. The molecular weight excluding hydrogens is 670 g/mol. The molecule has 3 heterocycles. The van der Waals surface area contributed by atoms with Gasteiger partial charge in [-0.2, -0.15) is 0 Å². The van der Waals surface area contributed by atoms with E-state index in [9.17, 15) is 70.2 Å². The molecule has 16 atom stereocenters. The van der Waals surface area contributed by atoms with E-state index in [1.807, 2.05) is 0 Å². The van der Waals surface area contributed by atoms with Crippen LogP contribution in [-0.4, -0.2) is 192 Å². The average molecular weight is 716 g/mol. The lowest BCUT2D eigenvalue weighted by molar-refractivity contribution is -0.382. The van der Waals surface area contributed by atoms with Gasteiger partial charge in [0, 0.05) is 33.7 Å². The van der Waals surface area contributed by atoms with E-state index >= 15 is 0 Å². The van der Waals surface area contributed by atoms with Gasteiger partial charge >= 0.3 is 5.97 Å². The number of hydrogen-bond acceptors (Lipinski definition) is 18. The second kappa shape index (κ2) is 17.0. The van der Waals surface area contributed by atoms with Crippen molar-refractivity contribution in [1.82, 2.24) is 16.0 Å². The molecule has 3 aliphatic heterocycles. The molecule has 0 radical (unpaired) electrons. The van der Waals surface area contributed by atoms with Crippen LogP contribution in [0.3, 0.4) is 0 Å². The lowest BCUT2D eigenvalue weighted by Crippen LogP contribution is -2.71. The van der Waals surface area contributed by atoms with Crippen molar-refractivity contribution in [3.05, 3.63) is 0 Å². The number of amides is 3. The molecule has 3 fully saturated rings. The van der Waals surface area contributed by atoms with Crippen LogP contribution in [0.25, 0.3) is 0 Å². The Morgan fingerprint density at radius 1 is 0.816 bits per heavy atom. The molecule has 0 saturated carbocycles. The summed E-state index contributed by atoms with van der Waals surface area (Å²) in [5.41, 5.74) is 0. The Labute approximate surface area is 278 Å². The van der Waals surface area contributed by atoms with E-state index in [1.165, 1.54) is 0 Å². The molecule has 22 nitrogen and oxygen atoms in total. The van der Waals surface area contributed by atoms with E-state index in [-0.39, 0.29) is 0 Å². The van der Waals surface area contributed by atoms with Gasteiger partial charge in [-0.3, -0.25) is 14.4 Å². The summed E-state index contributed by atoms with van der Waals surface area (Å²) in [6.45, 7) is 0.796. The molecule has 1 unspecified atom stereocenters. The Balaban J connectivity index is 1.96. The molecule has 3 saturated heterocycles. The number of rotatable bonds is 13. The summed E-state index contributed by atoms with van der Waals surface area (Å²) in [6.07, 6.45) is -25.7. The summed E-state index contributed by atoms with van der Waals surface area (Å²) in [4.78, 5) is 47.6. The van der Waals surface area contributed by atoms with Crippen LogP contribution in [0.15, 0.2) is 0 Å². The third kappa shape index (κ3) is 9.36. The maximum absolute atomic E-state index is 12.8. The number of aliphatic hydroxyl groups excluding tert-OH is 9. The molecule has 0 aromatic heterocycles. The van der Waals surface area contributed by atoms with Gasteiger partial charge in [0.1, 0.15) is 61.0 Å². The van der Waals surface area contributed by atoms with Crippen LogP contribution in [0.1, 0.15) is 27.2 Å². The van der Waals surface area contributed by atoms with Gasteiger partial charge < -0.3 is 90.7 Å². The van der Waals surface area contributed by atoms with Crippen molar-refractivity contribution in [3.8, 4) is 0 Å². The Hall–Kier alpha value is -2.68. The van der Waals surface area contributed by atoms with Crippen LogP contribution in [0.5, 0.6) is 0 Å². The van der Waals surface area contributed by atoms with Crippen molar-refractivity contribution >= 4 is 23.7 Å². The third-order valence-electron chi connectivity index (χ3n) is 8.24. The highest BCUT2D eigenvalue weighted by molar-refractivity contribution is 5.77. The molecule has 0 bridgehead atoms. The number of carbonyl (C=O) groups excluding carboxylic acids is 3. The van der Waals surface area contributed by atoms with Crippen LogP contribution in [0, 0.1) is 0 Å². The van der Waals surface area contributed by atoms with Crippen molar-refractivity contribution in [2.45, 2.75) is 125 Å². The SMILES string of the molecule is CC(=O)NC[C@@H](O)[C@@H](O)[C@@H]1O[C@@](O[C@H]2[C@@H](O)[C@@H](CO)O[C@@H](O[C@H]3[C@H](O)[C@@H](NC(C)=O)C(O)O[C@@H]3CO)[C@@H]2O)(C(=O)O)C[C@H](O)[C@H]1NC(C)=O. The summed E-state index contributed by atoms with van der Waals surface area (Å²) < 4.78 is 27.6. The predicted octanol–water partition coefficient (Wildman–Crippen LogP) is -7.94. The molecule has 3 rings (SSSR count). The van der Waals surface area contributed by atoms with Gasteiger partial charge in [-0.05, 0) is 0 Å². The zero-order valence-corrected chi connectivity index (χ0v) is 26.6. The predicted molar refractivity (Wildman–Crippen MR) is 153 cm³/mol. The smallest absolute Gasteiger partial charge is 0.364 e. The largest absolute Gasteiger partial charge is 0.477 e. The quantitative estimate of drug-likeness (QED) is 0.0842. The van der Waals surface area contributed by atoms with Gasteiger partial charge in [0.15, 0.2) is 12.6 Å². The van der Waals surface area contributed by atoms with Crippen LogP contribution in [-0.2, 0) is 42.9 Å². The summed E-state index contributed by atoms with van der Waals surface area (Å²) in [5, 5.41) is 113. The summed E-state index contributed by atoms with van der Waals surface area (Å²) in [5.74, 6) is -7.08. The molecule has 49 heavy (non-hydrogen) atoms. The molecule has 22 heteroatoms. The minimum Gasteiger partial charge on any atom is -0.477 e. The first-order chi connectivity index (χ1) is 22.9. The highest BCUT2D eigenvalue weighted by Gasteiger charge is 2.60. The lowest BCUT2D eigenvalue weighted by Gasteiger charge is -2.50. The van der Waals surface area contributed by atoms with Gasteiger partial charge in [0.25, 0.3) is 5.79 Å². The minimum absolute atomic E-state index is 0.569. The van der Waals surface area contributed by atoms with E-state index in [1.54, 1.807) is 0 Å². The average Bonchev–Trinajstić information content (AvgIpc) is 3.02. The van der Waals surface area contributed by atoms with Crippen molar-refractivity contribution in [1.29, 1.82) is 0 Å². The van der Waals surface area contributed by atoms with Crippen molar-refractivity contribution in [2.75, 3.05) is 19.8 Å². The Morgan fingerprint density at radius 3 is 1.94 bits per heavy atom. The summed E-state index contributed by atoms with van der Waals surface area (Å²) in [7, 11) is 0. The van der Waals surface area contributed by atoms with Gasteiger partial charge in [0.05, 0.1) is 31.5 Å². The number of nitrogens with one attached hydrogen (secondary N) is 3. The molecular formula is C27H45N3O19. The molecule has 0 aliphatic carbocycles. The van der Waals surface area contributed by atoms with Gasteiger partial charge in [-0.25, -0.2) is 4.79 Å². The van der Waals surface area contributed by atoms with E-state index in [4.69, 9.17) is 23.7 Å². The highest BCUT2D eigenvalue weighted by atomic mass is 16.8. The van der Waals surface area contributed by atoms with Crippen LogP contribution < -0.4 is 16.0 Å². The van der Waals surface area contributed by atoms with E-state index in [0.29, 0.717) is 0 Å². The van der Waals surface area contributed by atoms with E-state index in [0.717, 1.165) is 20.8 Å². The maximum atomic E-state index is 12.8. The fraction of sp³-hybridized carbons (Fsp3) is 0.852. The van der Waals surface area contributed by atoms with Gasteiger partial charge in [-0.1, -0.05) is 0 Å². The molecule has 0 spiro atoms. The first-order valence-electron chi connectivity index (χ1n) is 15.2. The van der Waals surface area contributed by atoms with Crippen molar-refractivity contribution < 1.29 is 93.9 Å². The monoisotopic (exact) mass is 715 g/mol. The zero-order valence-electron chi connectivity index (χ0n) is 26.6. The van der Waals surface area contributed by atoms with Gasteiger partial charge in [-0.15, -0.1) is 0 Å². The van der Waals surface area contributed by atoms with E-state index < -0.39 is 147 Å². The van der Waals surface area contributed by atoms with Crippen molar-refractivity contribution in [2.24, 2.45) is 0 Å². The molecule has 13 N–H and O–H groups in total. The number of carboxylic acids is 1. The first kappa shape index (κ1) is 40.7. The number of aliphatic carboxylic acids is 1. The van der Waals surface area contributed by atoms with Crippen LogP contribution >= 0.6 is 0 Å². The molecule has 0 aromatic carbocycles. The molecule has 282 valence electrons. The standard InChI is InChI=1S/C27H45N3O19/c1-8(33)28-5-12(37)17(38)22-15(29-9(2)34)11(36)4-27(48-22,26(43)44)49-23-18(39)13(6-31)46-25(20(23)41)47-21-14(7-32)45-24(42)16(19(21)40)30-10(3)35/h11-25,31-32,36-42H,4-7H2,1-3H3,(H,28,33)(H,29,34)(H,30,35)(H,43,44)/t11-,12+,13+,14+,15+,16+,17+,18-,19+,20+,21+,22+,23-,24?,25-,27-/m0/s1.